The Hall–Kier alpha value is -4.88. The number of benzene rings is 5. The molecule has 0 radical (unpaired) electrons. The van der Waals surface area contributed by atoms with E-state index < -0.39 is 0 Å². The number of hydrogen-bond donors (Lipinski definition) is 0. The van der Waals surface area contributed by atoms with Gasteiger partial charge in [-0.05, 0) is 74.9 Å². The monoisotopic (exact) mass is 515 g/mol. The molecule has 0 unspecified atom stereocenters. The summed E-state index contributed by atoms with van der Waals surface area (Å²) in [5.74, 6) is 0. The van der Waals surface area contributed by atoms with E-state index in [0.717, 1.165) is 22.5 Å². The average Bonchev–Trinajstić information content (AvgIpc) is 3.24. The summed E-state index contributed by atoms with van der Waals surface area (Å²) < 4.78 is 0. The standard InChI is InChI=1S/C39H33N/c1-4-29(30-14-7-5-8-15-30)18-13-27-40(33-23-21-32(22-24-33)31-16-9-6-10-17-31)34-25-26-36-35-19-11-12-20-37(35)39(2,3)38(36)28-34/h4-28H,1H2,2-3H3. The normalized spacial score (nSPS) is 13.6. The van der Waals surface area contributed by atoms with Crippen molar-refractivity contribution >= 4 is 16.9 Å². The van der Waals surface area contributed by atoms with Gasteiger partial charge in [0.25, 0.3) is 0 Å². The molecule has 0 amide bonds. The summed E-state index contributed by atoms with van der Waals surface area (Å²) in [4.78, 5) is 2.27. The molecule has 0 bridgehead atoms. The molecule has 194 valence electrons. The van der Waals surface area contributed by atoms with Crippen molar-refractivity contribution in [2.75, 3.05) is 4.90 Å². The predicted octanol–water partition coefficient (Wildman–Crippen LogP) is 10.6. The van der Waals surface area contributed by atoms with Gasteiger partial charge in [0.2, 0.25) is 0 Å². The Balaban J connectivity index is 1.42. The molecule has 1 aliphatic carbocycles. The summed E-state index contributed by atoms with van der Waals surface area (Å²) >= 11 is 0. The van der Waals surface area contributed by atoms with Crippen molar-refractivity contribution in [1.82, 2.24) is 0 Å². The minimum Gasteiger partial charge on any atom is -0.317 e. The van der Waals surface area contributed by atoms with E-state index in [2.05, 4.69) is 165 Å². The third-order valence-electron chi connectivity index (χ3n) is 7.94. The molecule has 5 aromatic rings. The zero-order valence-electron chi connectivity index (χ0n) is 23.1. The summed E-state index contributed by atoms with van der Waals surface area (Å²) in [6, 6.07) is 45.4. The van der Waals surface area contributed by atoms with E-state index in [1.165, 1.54) is 33.4 Å². The molecular formula is C39H33N. The maximum atomic E-state index is 4.05. The Morgan fingerprint density at radius 3 is 1.95 bits per heavy atom. The van der Waals surface area contributed by atoms with Gasteiger partial charge in [0.1, 0.15) is 0 Å². The highest BCUT2D eigenvalue weighted by Crippen LogP contribution is 2.49. The molecule has 40 heavy (non-hydrogen) atoms. The molecule has 1 aliphatic rings. The van der Waals surface area contributed by atoms with Crippen LogP contribution in [0.4, 0.5) is 11.4 Å². The second kappa shape index (κ2) is 10.7. The van der Waals surface area contributed by atoms with Crippen molar-refractivity contribution < 1.29 is 0 Å². The lowest BCUT2D eigenvalue weighted by Crippen LogP contribution is -2.16. The zero-order valence-corrected chi connectivity index (χ0v) is 23.1. The van der Waals surface area contributed by atoms with E-state index in [-0.39, 0.29) is 5.41 Å². The first-order valence-corrected chi connectivity index (χ1v) is 13.8. The molecule has 0 saturated carbocycles. The van der Waals surface area contributed by atoms with Crippen molar-refractivity contribution in [3.05, 3.63) is 175 Å². The zero-order chi connectivity index (χ0) is 27.5. The number of fused-ring (bicyclic) bond motifs is 3. The maximum Gasteiger partial charge on any atom is 0.0458 e. The Kier molecular flexibility index (Phi) is 6.80. The fraction of sp³-hybridized carbons (Fsp3) is 0.0769. The van der Waals surface area contributed by atoms with Gasteiger partial charge in [0, 0.05) is 23.0 Å². The molecule has 0 heterocycles. The SMILES string of the molecule is C=CC(=CC=CN(c1ccc(-c2ccccc2)cc1)c1ccc2c(c1)C(C)(C)c1ccccc1-2)c1ccccc1. The molecule has 0 aliphatic heterocycles. The summed E-state index contributed by atoms with van der Waals surface area (Å²) in [5, 5.41) is 0. The first kappa shape index (κ1) is 25.4. The second-order valence-corrected chi connectivity index (χ2v) is 10.7. The van der Waals surface area contributed by atoms with Crippen LogP contribution in [0.1, 0.15) is 30.5 Å². The third kappa shape index (κ3) is 4.72. The van der Waals surface area contributed by atoms with Crippen LogP contribution in [0, 0.1) is 0 Å². The Labute approximate surface area is 238 Å². The minimum absolute atomic E-state index is 0.0578. The number of allylic oxidation sites excluding steroid dienone is 4. The highest BCUT2D eigenvalue weighted by Gasteiger charge is 2.35. The third-order valence-corrected chi connectivity index (χ3v) is 7.94. The molecule has 0 saturated heterocycles. The number of anilines is 2. The van der Waals surface area contributed by atoms with Crippen molar-refractivity contribution in [2.45, 2.75) is 19.3 Å². The van der Waals surface area contributed by atoms with Gasteiger partial charge in [-0.25, -0.2) is 0 Å². The highest BCUT2D eigenvalue weighted by atomic mass is 15.1. The van der Waals surface area contributed by atoms with Gasteiger partial charge >= 0.3 is 0 Å². The van der Waals surface area contributed by atoms with Gasteiger partial charge < -0.3 is 4.90 Å². The van der Waals surface area contributed by atoms with Crippen LogP contribution in [0.3, 0.4) is 0 Å². The molecular weight excluding hydrogens is 482 g/mol. The topological polar surface area (TPSA) is 3.24 Å². The number of hydrogen-bond acceptors (Lipinski definition) is 1. The van der Waals surface area contributed by atoms with Gasteiger partial charge in [-0.1, -0.05) is 136 Å². The minimum atomic E-state index is -0.0578. The first-order chi connectivity index (χ1) is 19.6. The molecule has 5 aromatic carbocycles. The van der Waals surface area contributed by atoms with E-state index in [9.17, 15) is 0 Å². The van der Waals surface area contributed by atoms with Crippen LogP contribution in [-0.4, -0.2) is 0 Å². The molecule has 0 spiro atoms. The maximum absolute atomic E-state index is 4.05. The van der Waals surface area contributed by atoms with Crippen LogP contribution in [-0.2, 0) is 5.41 Å². The second-order valence-electron chi connectivity index (χ2n) is 10.7. The Morgan fingerprint density at radius 2 is 1.23 bits per heavy atom. The first-order valence-electron chi connectivity index (χ1n) is 13.8. The smallest absolute Gasteiger partial charge is 0.0458 e. The lowest BCUT2D eigenvalue weighted by Gasteiger charge is -2.25. The van der Waals surface area contributed by atoms with Crippen molar-refractivity contribution in [2.24, 2.45) is 0 Å². The van der Waals surface area contributed by atoms with Crippen molar-refractivity contribution in [3.8, 4) is 22.3 Å². The predicted molar refractivity (Wildman–Crippen MR) is 172 cm³/mol. The largest absolute Gasteiger partial charge is 0.317 e. The molecule has 0 aromatic heterocycles. The van der Waals surface area contributed by atoms with Crippen molar-refractivity contribution in [1.29, 1.82) is 0 Å². The van der Waals surface area contributed by atoms with Crippen LogP contribution >= 0.6 is 0 Å². The summed E-state index contributed by atoms with van der Waals surface area (Å²) in [7, 11) is 0. The quantitative estimate of drug-likeness (QED) is 0.195. The lowest BCUT2D eigenvalue weighted by molar-refractivity contribution is 0.660. The Morgan fingerprint density at radius 1 is 0.625 bits per heavy atom. The lowest BCUT2D eigenvalue weighted by atomic mass is 9.82. The molecule has 0 fully saturated rings. The number of rotatable bonds is 7. The van der Waals surface area contributed by atoms with E-state index in [0.29, 0.717) is 0 Å². The van der Waals surface area contributed by atoms with Crippen LogP contribution in [0.2, 0.25) is 0 Å². The summed E-state index contributed by atoms with van der Waals surface area (Å²) in [6.07, 6.45) is 8.30. The van der Waals surface area contributed by atoms with Gasteiger partial charge in [-0.2, -0.15) is 0 Å². The summed E-state index contributed by atoms with van der Waals surface area (Å²) in [5.41, 5.74) is 12.3. The molecule has 0 N–H and O–H groups in total. The van der Waals surface area contributed by atoms with Gasteiger partial charge in [0.15, 0.2) is 0 Å². The van der Waals surface area contributed by atoms with Crippen molar-refractivity contribution in [3.63, 3.8) is 0 Å². The fourth-order valence-electron chi connectivity index (χ4n) is 5.75. The van der Waals surface area contributed by atoms with Crippen LogP contribution in [0.25, 0.3) is 27.8 Å². The fourth-order valence-corrected chi connectivity index (χ4v) is 5.75. The molecule has 6 rings (SSSR count). The van der Waals surface area contributed by atoms with E-state index in [1.54, 1.807) is 0 Å². The van der Waals surface area contributed by atoms with Gasteiger partial charge in [-0.15, -0.1) is 0 Å². The average molecular weight is 516 g/mol. The van der Waals surface area contributed by atoms with E-state index in [1.807, 2.05) is 12.1 Å². The molecule has 0 atom stereocenters. The number of nitrogens with zero attached hydrogens (tertiary/aromatic N) is 1. The van der Waals surface area contributed by atoms with Crippen LogP contribution < -0.4 is 4.90 Å². The van der Waals surface area contributed by atoms with Crippen LogP contribution in [0.5, 0.6) is 0 Å². The molecule has 1 nitrogen and oxygen atoms in total. The van der Waals surface area contributed by atoms with Gasteiger partial charge in [-0.3, -0.25) is 0 Å². The highest BCUT2D eigenvalue weighted by molar-refractivity contribution is 5.84. The van der Waals surface area contributed by atoms with E-state index >= 15 is 0 Å². The summed E-state index contributed by atoms with van der Waals surface area (Å²) in [6.45, 7) is 8.71. The molecule has 1 heteroatoms. The van der Waals surface area contributed by atoms with E-state index in [4.69, 9.17) is 0 Å². The van der Waals surface area contributed by atoms with Crippen LogP contribution in [0.15, 0.2) is 158 Å². The van der Waals surface area contributed by atoms with Gasteiger partial charge in [0.05, 0.1) is 0 Å². The Bertz CT molecular complexity index is 1700.